The number of esters is 1. The number of anilines is 1. The van der Waals surface area contributed by atoms with Crippen LogP contribution in [0.5, 0.6) is 5.75 Å². The average molecular weight is 369 g/mol. The Kier molecular flexibility index (Phi) is 6.99. The Morgan fingerprint density at radius 2 is 1.74 bits per heavy atom. The van der Waals surface area contributed by atoms with E-state index < -0.39 is 12.1 Å². The molecule has 2 aromatic carbocycles. The summed E-state index contributed by atoms with van der Waals surface area (Å²) in [6.45, 7) is 9.91. The molecule has 0 radical (unpaired) electrons. The third-order valence-corrected chi connectivity index (χ3v) is 4.24. The topological polar surface area (TPSA) is 64.6 Å². The summed E-state index contributed by atoms with van der Waals surface area (Å²) in [6.07, 6.45) is -0.938. The number of amides is 1. The van der Waals surface area contributed by atoms with Gasteiger partial charge in [-0.2, -0.15) is 0 Å². The third-order valence-electron chi connectivity index (χ3n) is 4.24. The van der Waals surface area contributed by atoms with Crippen molar-refractivity contribution in [1.29, 1.82) is 0 Å². The number of carbonyl (C=O) groups is 2. The summed E-state index contributed by atoms with van der Waals surface area (Å²) in [5.41, 5.74) is 3.09. The van der Waals surface area contributed by atoms with Crippen molar-refractivity contribution in [2.75, 3.05) is 11.9 Å². The zero-order valence-electron chi connectivity index (χ0n) is 16.5. The smallest absolute Gasteiger partial charge is 0.342 e. The molecule has 144 valence electrons. The van der Waals surface area contributed by atoms with Gasteiger partial charge in [0.2, 0.25) is 0 Å². The molecule has 27 heavy (non-hydrogen) atoms. The van der Waals surface area contributed by atoms with Crippen LogP contribution in [0.2, 0.25) is 0 Å². The predicted octanol–water partition coefficient (Wildman–Crippen LogP) is 4.70. The molecule has 5 nitrogen and oxygen atoms in total. The molecule has 2 aromatic rings. The van der Waals surface area contributed by atoms with Gasteiger partial charge in [-0.1, -0.05) is 44.2 Å². The van der Waals surface area contributed by atoms with Crippen molar-refractivity contribution >= 4 is 17.6 Å². The van der Waals surface area contributed by atoms with E-state index in [1.165, 1.54) is 0 Å². The maximum Gasteiger partial charge on any atom is 0.342 e. The number of para-hydroxylation sites is 2. The summed E-state index contributed by atoms with van der Waals surface area (Å²) in [7, 11) is 0. The fraction of sp³-hybridized carbons (Fsp3) is 0.364. The molecule has 0 bridgehead atoms. The minimum Gasteiger partial charge on any atom is -0.493 e. The Morgan fingerprint density at radius 1 is 1.04 bits per heavy atom. The van der Waals surface area contributed by atoms with Crippen LogP contribution in [0.15, 0.2) is 42.5 Å². The van der Waals surface area contributed by atoms with E-state index in [4.69, 9.17) is 9.47 Å². The second kappa shape index (κ2) is 9.21. The van der Waals surface area contributed by atoms with Crippen LogP contribution in [0.3, 0.4) is 0 Å². The van der Waals surface area contributed by atoms with E-state index in [9.17, 15) is 9.59 Å². The van der Waals surface area contributed by atoms with E-state index in [0.29, 0.717) is 17.9 Å². The van der Waals surface area contributed by atoms with Gasteiger partial charge in [0.1, 0.15) is 11.3 Å². The molecule has 0 saturated carbocycles. The molecular weight excluding hydrogens is 342 g/mol. The second-order valence-electron chi connectivity index (χ2n) is 6.66. The largest absolute Gasteiger partial charge is 0.493 e. The standard InChI is InChI=1S/C22H27NO4/c1-6-26-19-13-8-7-11-18(19)22(25)27-16(5)21(24)23-20-15(4)10-9-12-17(20)14(2)3/h7-14,16H,6H2,1-5H3,(H,23,24)/t16-/m1/s1. The molecule has 0 unspecified atom stereocenters. The molecular formula is C22H27NO4. The van der Waals surface area contributed by atoms with E-state index in [1.807, 2.05) is 32.0 Å². The molecule has 1 N–H and O–H groups in total. The lowest BCUT2D eigenvalue weighted by Gasteiger charge is -2.19. The summed E-state index contributed by atoms with van der Waals surface area (Å²) < 4.78 is 10.8. The molecule has 0 spiro atoms. The summed E-state index contributed by atoms with van der Waals surface area (Å²) in [5.74, 6) is -0.251. The molecule has 0 heterocycles. The van der Waals surface area contributed by atoms with Crippen molar-refractivity contribution in [2.24, 2.45) is 0 Å². The zero-order valence-corrected chi connectivity index (χ0v) is 16.5. The second-order valence-corrected chi connectivity index (χ2v) is 6.66. The van der Waals surface area contributed by atoms with Crippen LogP contribution in [0.4, 0.5) is 5.69 Å². The van der Waals surface area contributed by atoms with Gasteiger partial charge in [-0.3, -0.25) is 4.79 Å². The van der Waals surface area contributed by atoms with Gasteiger partial charge in [0, 0.05) is 5.69 Å². The van der Waals surface area contributed by atoms with Gasteiger partial charge in [0.15, 0.2) is 6.10 Å². The van der Waals surface area contributed by atoms with E-state index in [-0.39, 0.29) is 11.8 Å². The summed E-state index contributed by atoms with van der Waals surface area (Å²) in [4.78, 5) is 25.1. The minimum absolute atomic E-state index is 0.260. The number of nitrogens with one attached hydrogen (secondary N) is 1. The molecule has 2 rings (SSSR count). The van der Waals surface area contributed by atoms with Crippen LogP contribution >= 0.6 is 0 Å². The molecule has 0 aliphatic heterocycles. The van der Waals surface area contributed by atoms with Gasteiger partial charge in [0.05, 0.1) is 6.61 Å². The Hall–Kier alpha value is -2.82. The first-order valence-electron chi connectivity index (χ1n) is 9.18. The van der Waals surface area contributed by atoms with Crippen molar-refractivity contribution in [3.63, 3.8) is 0 Å². The third kappa shape index (κ3) is 5.09. The van der Waals surface area contributed by atoms with Crippen molar-refractivity contribution < 1.29 is 19.1 Å². The van der Waals surface area contributed by atoms with Gasteiger partial charge in [-0.15, -0.1) is 0 Å². The van der Waals surface area contributed by atoms with E-state index >= 15 is 0 Å². The molecule has 0 fully saturated rings. The molecule has 1 amide bonds. The van der Waals surface area contributed by atoms with Crippen LogP contribution in [0.1, 0.15) is 55.1 Å². The lowest BCUT2D eigenvalue weighted by molar-refractivity contribution is -0.123. The SMILES string of the molecule is CCOc1ccccc1C(=O)O[C@H](C)C(=O)Nc1c(C)cccc1C(C)C. The fourth-order valence-corrected chi connectivity index (χ4v) is 2.76. The maximum absolute atomic E-state index is 12.6. The summed E-state index contributed by atoms with van der Waals surface area (Å²) >= 11 is 0. The highest BCUT2D eigenvalue weighted by atomic mass is 16.5. The number of aryl methyl sites for hydroxylation is 1. The number of benzene rings is 2. The molecule has 0 aliphatic carbocycles. The normalized spacial score (nSPS) is 11.8. The predicted molar refractivity (Wildman–Crippen MR) is 106 cm³/mol. The highest BCUT2D eigenvalue weighted by Gasteiger charge is 2.22. The maximum atomic E-state index is 12.6. The summed E-state index contributed by atoms with van der Waals surface area (Å²) in [5, 5.41) is 2.91. The lowest BCUT2D eigenvalue weighted by atomic mass is 9.98. The lowest BCUT2D eigenvalue weighted by Crippen LogP contribution is -2.30. The molecule has 0 aromatic heterocycles. The highest BCUT2D eigenvalue weighted by Crippen LogP contribution is 2.27. The first-order valence-corrected chi connectivity index (χ1v) is 9.18. The van der Waals surface area contributed by atoms with E-state index in [2.05, 4.69) is 19.2 Å². The fourth-order valence-electron chi connectivity index (χ4n) is 2.76. The average Bonchev–Trinajstić information content (AvgIpc) is 2.63. The number of carbonyl (C=O) groups excluding carboxylic acids is 2. The molecule has 5 heteroatoms. The van der Waals surface area contributed by atoms with Gasteiger partial charge >= 0.3 is 5.97 Å². The Labute approximate surface area is 160 Å². The molecule has 0 aliphatic rings. The van der Waals surface area contributed by atoms with Crippen molar-refractivity contribution in [3.8, 4) is 5.75 Å². The van der Waals surface area contributed by atoms with Crippen LogP contribution in [0, 0.1) is 6.92 Å². The monoisotopic (exact) mass is 369 g/mol. The summed E-state index contributed by atoms with van der Waals surface area (Å²) in [6, 6.07) is 12.7. The van der Waals surface area contributed by atoms with Gasteiger partial charge in [-0.05, 0) is 49.9 Å². The number of ether oxygens (including phenoxy) is 2. The van der Waals surface area contributed by atoms with Gasteiger partial charge in [0.25, 0.3) is 5.91 Å². The first-order chi connectivity index (χ1) is 12.8. The van der Waals surface area contributed by atoms with Crippen molar-refractivity contribution in [3.05, 3.63) is 59.2 Å². The number of hydrogen-bond acceptors (Lipinski definition) is 4. The number of rotatable bonds is 7. The quantitative estimate of drug-likeness (QED) is 0.719. The van der Waals surface area contributed by atoms with Crippen LogP contribution in [0.25, 0.3) is 0 Å². The first kappa shape index (κ1) is 20.5. The Bertz CT molecular complexity index is 814. The Balaban J connectivity index is 2.12. The zero-order chi connectivity index (χ0) is 20.0. The van der Waals surface area contributed by atoms with Gasteiger partial charge < -0.3 is 14.8 Å². The van der Waals surface area contributed by atoms with Crippen molar-refractivity contribution in [1.82, 2.24) is 0 Å². The minimum atomic E-state index is -0.938. The van der Waals surface area contributed by atoms with E-state index in [1.54, 1.807) is 31.2 Å². The van der Waals surface area contributed by atoms with Crippen molar-refractivity contribution in [2.45, 2.75) is 46.6 Å². The molecule has 1 atom stereocenters. The number of hydrogen-bond donors (Lipinski definition) is 1. The van der Waals surface area contributed by atoms with Crippen LogP contribution in [-0.4, -0.2) is 24.6 Å². The van der Waals surface area contributed by atoms with Crippen LogP contribution < -0.4 is 10.1 Å². The van der Waals surface area contributed by atoms with Gasteiger partial charge in [-0.25, -0.2) is 4.79 Å². The molecule has 0 saturated heterocycles. The highest BCUT2D eigenvalue weighted by molar-refractivity contribution is 5.99. The van der Waals surface area contributed by atoms with Crippen LogP contribution in [-0.2, 0) is 9.53 Å². The Morgan fingerprint density at radius 3 is 2.41 bits per heavy atom. The van der Waals surface area contributed by atoms with E-state index in [0.717, 1.165) is 16.8 Å².